The Kier molecular flexibility index (Phi) is 6.91. The highest BCUT2D eigenvalue weighted by Crippen LogP contribution is 2.44. The van der Waals surface area contributed by atoms with Crippen molar-refractivity contribution in [3.8, 4) is 5.75 Å². The van der Waals surface area contributed by atoms with Gasteiger partial charge in [0.2, 0.25) is 6.29 Å². The van der Waals surface area contributed by atoms with E-state index in [1.165, 1.54) is 6.07 Å². The first-order valence-corrected chi connectivity index (χ1v) is 11.7. The number of hydrogen-bond acceptors (Lipinski definition) is 9. The molecule has 0 aromatic heterocycles. The monoisotopic (exact) mass is 498 g/mol. The Bertz CT molecular complexity index is 1090. The second-order valence-corrected chi connectivity index (χ2v) is 9.51. The maximum atomic E-state index is 13.3. The van der Waals surface area contributed by atoms with Crippen LogP contribution in [0.3, 0.4) is 0 Å². The Labute approximate surface area is 196 Å². The molecule has 0 radical (unpaired) electrons. The highest BCUT2D eigenvalue weighted by molar-refractivity contribution is 7.85. The van der Waals surface area contributed by atoms with Gasteiger partial charge < -0.3 is 40.5 Å². The lowest BCUT2D eigenvalue weighted by molar-refractivity contribution is -0.271. The van der Waals surface area contributed by atoms with Crippen molar-refractivity contribution in [2.24, 2.45) is 5.73 Å². The summed E-state index contributed by atoms with van der Waals surface area (Å²) in [7, 11) is -1.58. The zero-order chi connectivity index (χ0) is 23.9. The maximum Gasteiger partial charge on any atom is 0.335 e. The number of hydrogen-bond donors (Lipinski definition) is 5. The number of nitrogens with two attached hydrogens (primary N) is 1. The standard InChI is InChI=1S/C21H23ClN2O8S/c22-10-2-5-14-13(8-10)24(7-1-6-23)12-4-3-11(9-15(12)33(14)30)31-21-18(27)16(25)17(26)19(32-21)20(28)29/h2-5,8-9,16-19,21,25-27H,1,6-7,23H2,(H,28,29)/t16-,17-,18+,19-,21+,33?/m0/s1. The van der Waals surface area contributed by atoms with Crippen molar-refractivity contribution in [1.29, 1.82) is 0 Å². The van der Waals surface area contributed by atoms with Gasteiger partial charge in [0.05, 0.1) is 32.0 Å². The Morgan fingerprint density at radius 1 is 1.09 bits per heavy atom. The van der Waals surface area contributed by atoms with Crippen molar-refractivity contribution in [3.63, 3.8) is 0 Å². The van der Waals surface area contributed by atoms with E-state index in [0.717, 1.165) is 0 Å². The topological polar surface area (TPSA) is 163 Å². The number of aliphatic hydroxyl groups excluding tert-OH is 3. The highest BCUT2D eigenvalue weighted by atomic mass is 35.5. The van der Waals surface area contributed by atoms with Crippen LogP contribution >= 0.6 is 11.6 Å². The fourth-order valence-electron chi connectivity index (χ4n) is 3.82. The summed E-state index contributed by atoms with van der Waals surface area (Å²) in [5, 5.41) is 39.7. The molecule has 0 amide bonds. The lowest BCUT2D eigenvalue weighted by atomic mass is 9.99. The molecule has 2 heterocycles. The second kappa shape index (κ2) is 9.55. The summed E-state index contributed by atoms with van der Waals surface area (Å²) in [5.74, 6) is -1.38. The third-order valence-electron chi connectivity index (χ3n) is 5.48. The molecule has 10 nitrogen and oxygen atoms in total. The maximum absolute atomic E-state index is 13.3. The first-order valence-electron chi connectivity index (χ1n) is 10.1. The fraction of sp³-hybridized carbons (Fsp3) is 0.381. The van der Waals surface area contributed by atoms with E-state index in [-0.39, 0.29) is 5.75 Å². The zero-order valence-electron chi connectivity index (χ0n) is 17.2. The zero-order valence-corrected chi connectivity index (χ0v) is 18.8. The van der Waals surface area contributed by atoms with E-state index < -0.39 is 47.5 Å². The molecule has 2 aromatic rings. The minimum absolute atomic E-state index is 0.134. The van der Waals surface area contributed by atoms with E-state index in [9.17, 15) is 29.4 Å². The van der Waals surface area contributed by atoms with Crippen LogP contribution in [-0.2, 0) is 20.3 Å². The Balaban J connectivity index is 1.66. The molecular weight excluding hydrogens is 476 g/mol. The van der Waals surface area contributed by atoms with Crippen LogP contribution in [0.2, 0.25) is 5.02 Å². The van der Waals surface area contributed by atoms with Crippen LogP contribution in [0.25, 0.3) is 0 Å². The molecule has 6 N–H and O–H groups in total. The second-order valence-electron chi connectivity index (χ2n) is 7.66. The fourth-order valence-corrected chi connectivity index (χ4v) is 5.36. The summed E-state index contributed by atoms with van der Waals surface area (Å²) < 4.78 is 24.1. The van der Waals surface area contributed by atoms with Crippen LogP contribution in [-0.4, -0.2) is 74.4 Å². The molecular formula is C21H23ClN2O8S. The summed E-state index contributed by atoms with van der Waals surface area (Å²) in [6.45, 7) is 1.02. The molecule has 12 heteroatoms. The number of halogens is 1. The normalized spacial score (nSPS) is 28.7. The van der Waals surface area contributed by atoms with Gasteiger partial charge in [-0.3, -0.25) is 0 Å². The quantitative estimate of drug-likeness (QED) is 0.380. The molecule has 33 heavy (non-hydrogen) atoms. The van der Waals surface area contributed by atoms with Gasteiger partial charge in [-0.05, 0) is 49.4 Å². The number of fused-ring (bicyclic) bond motifs is 2. The Morgan fingerprint density at radius 2 is 1.85 bits per heavy atom. The number of benzene rings is 2. The van der Waals surface area contributed by atoms with Gasteiger partial charge in [0, 0.05) is 11.6 Å². The highest BCUT2D eigenvalue weighted by Gasteiger charge is 2.48. The Morgan fingerprint density at radius 3 is 2.55 bits per heavy atom. The average molecular weight is 499 g/mol. The molecule has 1 unspecified atom stereocenters. The summed E-state index contributed by atoms with van der Waals surface area (Å²) in [6, 6.07) is 9.80. The van der Waals surface area contributed by atoms with Gasteiger partial charge in [-0.15, -0.1) is 0 Å². The van der Waals surface area contributed by atoms with Crippen LogP contribution in [0.5, 0.6) is 5.75 Å². The molecule has 4 rings (SSSR count). The van der Waals surface area contributed by atoms with Gasteiger partial charge in [0.15, 0.2) is 6.10 Å². The van der Waals surface area contributed by atoms with Crippen LogP contribution in [0.15, 0.2) is 46.2 Å². The van der Waals surface area contributed by atoms with E-state index >= 15 is 0 Å². The van der Waals surface area contributed by atoms with E-state index in [1.807, 2.05) is 4.90 Å². The number of ether oxygens (including phenoxy) is 2. The van der Waals surface area contributed by atoms with Crippen LogP contribution < -0.4 is 15.4 Å². The van der Waals surface area contributed by atoms with Crippen LogP contribution in [0.1, 0.15) is 6.42 Å². The van der Waals surface area contributed by atoms with Crippen molar-refractivity contribution in [1.82, 2.24) is 0 Å². The Hall–Kier alpha value is -2.25. The average Bonchev–Trinajstić information content (AvgIpc) is 2.79. The molecule has 0 spiro atoms. The number of rotatable bonds is 6. The number of aliphatic carboxylic acids is 1. The number of carboxylic acids is 1. The van der Waals surface area contributed by atoms with E-state index in [1.54, 1.807) is 30.3 Å². The van der Waals surface area contributed by atoms with Crippen molar-refractivity contribution in [2.75, 3.05) is 18.0 Å². The predicted octanol–water partition coefficient (Wildman–Crippen LogP) is 0.578. The predicted molar refractivity (Wildman–Crippen MR) is 118 cm³/mol. The summed E-state index contributed by atoms with van der Waals surface area (Å²) in [4.78, 5) is 14.3. The van der Waals surface area contributed by atoms with E-state index in [4.69, 9.17) is 26.8 Å². The number of carboxylic acid groups (broad SMARTS) is 1. The first kappa shape index (κ1) is 23.9. The summed E-state index contributed by atoms with van der Waals surface area (Å²) in [6.07, 6.45) is -8.01. The molecule has 178 valence electrons. The van der Waals surface area contributed by atoms with Gasteiger partial charge in [-0.2, -0.15) is 0 Å². The van der Waals surface area contributed by atoms with Crippen molar-refractivity contribution < 1.29 is 38.9 Å². The molecule has 1 fully saturated rings. The summed E-state index contributed by atoms with van der Waals surface area (Å²) in [5.41, 5.74) is 7.06. The minimum atomic E-state index is -1.83. The third kappa shape index (κ3) is 4.45. The number of nitrogens with zero attached hydrogens (tertiary/aromatic N) is 1. The smallest absolute Gasteiger partial charge is 0.335 e. The lowest BCUT2D eigenvalue weighted by Gasteiger charge is -2.38. The largest absolute Gasteiger partial charge is 0.479 e. The van der Waals surface area contributed by atoms with Gasteiger partial charge in [0.1, 0.15) is 24.1 Å². The minimum Gasteiger partial charge on any atom is -0.479 e. The molecule has 2 aromatic carbocycles. The molecule has 2 aliphatic heterocycles. The molecule has 0 saturated carbocycles. The molecule has 0 aliphatic carbocycles. The number of aliphatic hydroxyl groups is 3. The molecule has 6 atom stereocenters. The van der Waals surface area contributed by atoms with Gasteiger partial charge in [-0.1, -0.05) is 11.6 Å². The SMILES string of the molecule is NCCCN1c2cc(Cl)ccc2S(=O)c2cc(O[C@@H]3O[C@H](C(=O)O)[C@@H](O)[C@H](O)[C@H]3O)ccc21. The van der Waals surface area contributed by atoms with Gasteiger partial charge in [-0.25, -0.2) is 9.00 Å². The van der Waals surface area contributed by atoms with E-state index in [0.29, 0.717) is 45.7 Å². The molecule has 0 bridgehead atoms. The van der Waals surface area contributed by atoms with Crippen molar-refractivity contribution in [3.05, 3.63) is 41.4 Å². The first-order chi connectivity index (χ1) is 15.7. The third-order valence-corrected chi connectivity index (χ3v) is 7.19. The summed E-state index contributed by atoms with van der Waals surface area (Å²) >= 11 is 6.17. The molecule has 1 saturated heterocycles. The van der Waals surface area contributed by atoms with Gasteiger partial charge in [0.25, 0.3) is 0 Å². The lowest BCUT2D eigenvalue weighted by Crippen LogP contribution is -2.61. The number of anilines is 2. The molecule has 2 aliphatic rings. The van der Waals surface area contributed by atoms with Crippen molar-refractivity contribution >= 4 is 39.7 Å². The van der Waals surface area contributed by atoms with Crippen molar-refractivity contribution in [2.45, 2.75) is 46.9 Å². The van der Waals surface area contributed by atoms with Gasteiger partial charge >= 0.3 is 5.97 Å². The number of carbonyl (C=O) groups is 1. The van der Waals surface area contributed by atoms with Crippen LogP contribution in [0.4, 0.5) is 11.4 Å². The van der Waals surface area contributed by atoms with E-state index in [2.05, 4.69) is 0 Å². The van der Waals surface area contributed by atoms with Crippen LogP contribution in [0, 0.1) is 0 Å².